The highest BCUT2D eigenvalue weighted by Gasteiger charge is 2.37. The van der Waals surface area contributed by atoms with E-state index in [1.54, 1.807) is 7.11 Å². The zero-order valence-electron chi connectivity index (χ0n) is 24.6. The maximum Gasteiger partial charge on any atom is 0.162 e. The highest BCUT2D eigenvalue weighted by Crippen LogP contribution is 2.38. The Balaban J connectivity index is 1.50. The maximum atomic E-state index is 5.95. The third-order valence-corrected chi connectivity index (χ3v) is 8.63. The van der Waals surface area contributed by atoms with Gasteiger partial charge in [-0.1, -0.05) is 12.1 Å². The summed E-state index contributed by atoms with van der Waals surface area (Å²) in [5.41, 5.74) is 8.92. The van der Waals surface area contributed by atoms with Gasteiger partial charge in [-0.05, 0) is 58.1 Å². The van der Waals surface area contributed by atoms with Crippen LogP contribution >= 0.6 is 0 Å². The van der Waals surface area contributed by atoms with Crippen molar-refractivity contribution >= 4 is 22.4 Å². The summed E-state index contributed by atoms with van der Waals surface area (Å²) in [6, 6.07) is 10.8. The number of H-pyrrole nitrogens is 1. The number of anilines is 2. The largest absolute Gasteiger partial charge is 0.497 e. The quantitative estimate of drug-likeness (QED) is 0.387. The summed E-state index contributed by atoms with van der Waals surface area (Å²) >= 11 is 0. The van der Waals surface area contributed by atoms with Crippen LogP contribution in [0.25, 0.3) is 22.3 Å². The second-order valence-electron chi connectivity index (χ2n) is 11.3. The summed E-state index contributed by atoms with van der Waals surface area (Å²) < 4.78 is 11.5. The molecule has 210 valence electrons. The Morgan fingerprint density at radius 3 is 2.50 bits per heavy atom. The number of rotatable bonds is 6. The molecule has 0 amide bonds. The summed E-state index contributed by atoms with van der Waals surface area (Å²) in [5, 5.41) is 8.78. The van der Waals surface area contributed by atoms with Crippen LogP contribution < -0.4 is 14.5 Å². The van der Waals surface area contributed by atoms with Gasteiger partial charge in [0.2, 0.25) is 0 Å². The van der Waals surface area contributed by atoms with Crippen LogP contribution in [-0.4, -0.2) is 85.2 Å². The van der Waals surface area contributed by atoms with Crippen molar-refractivity contribution in [2.45, 2.75) is 45.9 Å². The van der Waals surface area contributed by atoms with Crippen LogP contribution in [0.1, 0.15) is 28.1 Å². The fourth-order valence-corrected chi connectivity index (χ4v) is 6.35. The molecule has 9 heteroatoms. The molecule has 0 saturated carbocycles. The number of aryl methyl sites for hydroxylation is 3. The molecular weight excluding hydrogens is 502 g/mol. The van der Waals surface area contributed by atoms with Gasteiger partial charge in [-0.25, -0.2) is 9.97 Å². The van der Waals surface area contributed by atoms with Crippen LogP contribution in [0.5, 0.6) is 5.75 Å². The highest BCUT2D eigenvalue weighted by molar-refractivity contribution is 5.96. The van der Waals surface area contributed by atoms with Gasteiger partial charge >= 0.3 is 0 Å². The average molecular weight is 542 g/mol. The number of hydrogen-bond acceptors (Lipinski definition) is 8. The van der Waals surface area contributed by atoms with Crippen molar-refractivity contribution in [3.63, 3.8) is 0 Å². The molecule has 0 unspecified atom stereocenters. The van der Waals surface area contributed by atoms with Gasteiger partial charge in [0.1, 0.15) is 11.6 Å². The minimum Gasteiger partial charge on any atom is -0.497 e. The van der Waals surface area contributed by atoms with Crippen LogP contribution in [0.15, 0.2) is 30.3 Å². The molecule has 1 N–H and O–H groups in total. The van der Waals surface area contributed by atoms with E-state index in [4.69, 9.17) is 19.4 Å². The molecule has 4 aromatic rings. The molecule has 0 radical (unpaired) electrons. The van der Waals surface area contributed by atoms with E-state index in [2.05, 4.69) is 84.0 Å². The molecule has 0 spiro atoms. The van der Waals surface area contributed by atoms with Gasteiger partial charge in [-0.3, -0.25) is 5.10 Å². The number of aromatic nitrogens is 4. The monoisotopic (exact) mass is 541 g/mol. The predicted octanol–water partition coefficient (Wildman–Crippen LogP) is 4.28. The molecule has 0 bridgehead atoms. The van der Waals surface area contributed by atoms with E-state index in [-0.39, 0.29) is 12.1 Å². The molecule has 40 heavy (non-hydrogen) atoms. The van der Waals surface area contributed by atoms with Crippen LogP contribution in [0, 0.1) is 20.8 Å². The minimum atomic E-state index is 0.102. The third kappa shape index (κ3) is 4.47. The Hall–Kier alpha value is -3.69. The molecule has 1 saturated heterocycles. The number of likely N-dealkylation sites (N-methyl/N-ethyl adjacent to an activating group) is 1. The van der Waals surface area contributed by atoms with Crippen molar-refractivity contribution in [1.82, 2.24) is 25.1 Å². The first-order valence-corrected chi connectivity index (χ1v) is 14.0. The van der Waals surface area contributed by atoms with Gasteiger partial charge in [0.25, 0.3) is 0 Å². The lowest BCUT2D eigenvalue weighted by atomic mass is 9.99. The zero-order valence-corrected chi connectivity index (χ0v) is 24.6. The van der Waals surface area contributed by atoms with Gasteiger partial charge in [-0.15, -0.1) is 0 Å². The summed E-state index contributed by atoms with van der Waals surface area (Å²) in [7, 11) is 7.78. The van der Waals surface area contributed by atoms with Crippen LogP contribution in [0.3, 0.4) is 0 Å². The molecule has 2 atom stereocenters. The summed E-state index contributed by atoms with van der Waals surface area (Å²) in [6.07, 6.45) is 0.942. The Bertz CT molecular complexity index is 1560. The first-order valence-electron chi connectivity index (χ1n) is 14.0. The van der Waals surface area contributed by atoms with Gasteiger partial charge < -0.3 is 24.2 Å². The van der Waals surface area contributed by atoms with Crippen molar-refractivity contribution in [3.05, 3.63) is 58.4 Å². The van der Waals surface area contributed by atoms with Gasteiger partial charge in [0, 0.05) is 73.7 Å². The van der Waals surface area contributed by atoms with Crippen molar-refractivity contribution in [2.24, 2.45) is 0 Å². The number of nitrogens with one attached hydrogen (secondary N) is 1. The van der Waals surface area contributed by atoms with E-state index in [1.807, 2.05) is 13.2 Å². The van der Waals surface area contributed by atoms with Crippen LogP contribution in [0.4, 0.5) is 11.5 Å². The normalized spacial score (nSPS) is 19.1. The van der Waals surface area contributed by atoms with Gasteiger partial charge in [-0.2, -0.15) is 5.10 Å². The Morgan fingerprint density at radius 2 is 1.77 bits per heavy atom. The fraction of sp³-hybridized carbons (Fsp3) is 0.452. The summed E-state index contributed by atoms with van der Waals surface area (Å²) in [6.45, 7) is 9.62. The lowest BCUT2D eigenvalue weighted by Crippen LogP contribution is -2.39. The predicted molar refractivity (Wildman–Crippen MR) is 160 cm³/mol. The smallest absolute Gasteiger partial charge is 0.162 e. The molecule has 4 heterocycles. The Kier molecular flexibility index (Phi) is 6.88. The molecule has 2 aromatic carbocycles. The standard InChI is InChI=1S/C31H39N7O2/c1-18-8-10-21(39-6)14-25(18)37-13-12-23-22(15-37)31(38-16-26(36(4)5)27(17-38)40-7)33-30(32-23)28-19(2)9-11-24-29(28)20(3)34-35-24/h8-11,14,26-27H,12-13,15-17H2,1-7H3,(H,34,35)/t26-,27-/m1/s1. The first-order chi connectivity index (χ1) is 19.3. The molecule has 0 aliphatic carbocycles. The number of aromatic amines is 1. The Labute approximate surface area is 236 Å². The van der Waals surface area contributed by atoms with Gasteiger partial charge in [0.05, 0.1) is 30.5 Å². The topological polar surface area (TPSA) is 82.6 Å². The number of methoxy groups -OCH3 is 2. The molecule has 2 aromatic heterocycles. The minimum absolute atomic E-state index is 0.102. The number of benzene rings is 2. The lowest BCUT2D eigenvalue weighted by Gasteiger charge is -2.34. The van der Waals surface area contributed by atoms with E-state index in [0.717, 1.165) is 83.4 Å². The molecule has 2 aliphatic heterocycles. The van der Waals surface area contributed by atoms with Crippen molar-refractivity contribution < 1.29 is 9.47 Å². The van der Waals surface area contributed by atoms with Gasteiger partial charge in [0.15, 0.2) is 5.82 Å². The second kappa shape index (κ2) is 10.4. The average Bonchev–Trinajstić information content (AvgIpc) is 3.56. The van der Waals surface area contributed by atoms with Crippen molar-refractivity contribution in [2.75, 3.05) is 57.7 Å². The van der Waals surface area contributed by atoms with Crippen LogP contribution in [-0.2, 0) is 17.7 Å². The lowest BCUT2D eigenvalue weighted by molar-refractivity contribution is 0.0639. The fourth-order valence-electron chi connectivity index (χ4n) is 6.35. The number of hydrogen-bond donors (Lipinski definition) is 1. The van der Waals surface area contributed by atoms with E-state index in [0.29, 0.717) is 0 Å². The third-order valence-electron chi connectivity index (χ3n) is 8.63. The SMILES string of the molecule is COc1ccc(C)c(N2CCc3nc(-c4c(C)ccc5n[nH]c(C)c45)nc(N4C[C@@H](N(C)C)[C@H](OC)C4)c3C2)c1. The molecule has 6 rings (SSSR count). The molecule has 1 fully saturated rings. The molecule has 9 nitrogen and oxygen atoms in total. The summed E-state index contributed by atoms with van der Waals surface area (Å²) in [4.78, 5) is 17.7. The van der Waals surface area contributed by atoms with Crippen LogP contribution in [0.2, 0.25) is 0 Å². The van der Waals surface area contributed by atoms with Crippen molar-refractivity contribution in [3.8, 4) is 17.1 Å². The van der Waals surface area contributed by atoms with E-state index >= 15 is 0 Å². The maximum absolute atomic E-state index is 5.95. The van der Waals surface area contributed by atoms with E-state index in [1.165, 1.54) is 16.8 Å². The number of nitrogens with zero attached hydrogens (tertiary/aromatic N) is 6. The summed E-state index contributed by atoms with van der Waals surface area (Å²) in [5.74, 6) is 2.65. The highest BCUT2D eigenvalue weighted by atomic mass is 16.5. The second-order valence-corrected chi connectivity index (χ2v) is 11.3. The van der Waals surface area contributed by atoms with E-state index < -0.39 is 0 Å². The van der Waals surface area contributed by atoms with E-state index in [9.17, 15) is 0 Å². The number of fused-ring (bicyclic) bond motifs is 2. The number of ether oxygens (including phenoxy) is 2. The Morgan fingerprint density at radius 1 is 0.975 bits per heavy atom. The zero-order chi connectivity index (χ0) is 28.1. The van der Waals surface area contributed by atoms with Crippen molar-refractivity contribution in [1.29, 1.82) is 0 Å². The first kappa shape index (κ1) is 26.5. The molecular formula is C31H39N7O2. The molecule has 2 aliphatic rings.